The summed E-state index contributed by atoms with van der Waals surface area (Å²) in [6.07, 6.45) is 3.74. The molecule has 2 rings (SSSR count). The van der Waals surface area contributed by atoms with E-state index in [1.807, 2.05) is 11.8 Å². The zero-order valence-corrected chi connectivity index (χ0v) is 11.9. The van der Waals surface area contributed by atoms with Gasteiger partial charge in [-0.05, 0) is 44.4 Å². The third kappa shape index (κ3) is 4.63. The van der Waals surface area contributed by atoms with Crippen LogP contribution in [0.3, 0.4) is 0 Å². The number of rotatable bonds is 6. The van der Waals surface area contributed by atoms with E-state index in [2.05, 4.69) is 42.7 Å². The minimum absolute atomic E-state index is 0.610. The highest BCUT2D eigenvalue weighted by Crippen LogP contribution is 2.24. The van der Waals surface area contributed by atoms with Gasteiger partial charge in [0, 0.05) is 29.9 Å². The molecule has 1 saturated heterocycles. The van der Waals surface area contributed by atoms with Crippen LogP contribution in [0.1, 0.15) is 19.3 Å². The van der Waals surface area contributed by atoms with Gasteiger partial charge in [0.05, 0.1) is 0 Å². The Kier molecular flexibility index (Phi) is 6.05. The lowest BCUT2D eigenvalue weighted by atomic mass is 9.93. The summed E-state index contributed by atoms with van der Waals surface area (Å²) in [5, 5.41) is 3.46. The fourth-order valence-electron chi connectivity index (χ4n) is 2.37. The summed E-state index contributed by atoms with van der Waals surface area (Å²) >= 11 is 1.95. The second-order valence-corrected chi connectivity index (χ2v) is 5.99. The molecule has 1 aromatic carbocycles. The molecule has 1 heterocycles. The Labute approximate surface area is 114 Å². The molecule has 2 nitrogen and oxygen atoms in total. The van der Waals surface area contributed by atoms with E-state index < -0.39 is 0 Å². The zero-order valence-electron chi connectivity index (χ0n) is 11.1. The Morgan fingerprint density at radius 1 is 1.28 bits per heavy atom. The fraction of sp³-hybridized carbons (Fsp3) is 0.600. The molecule has 1 fully saturated rings. The summed E-state index contributed by atoms with van der Waals surface area (Å²) in [5.74, 6) is 1.99. The molecule has 0 bridgehead atoms. The van der Waals surface area contributed by atoms with Crippen molar-refractivity contribution >= 4 is 11.8 Å². The molecule has 18 heavy (non-hydrogen) atoms. The maximum atomic E-state index is 5.42. The van der Waals surface area contributed by atoms with Gasteiger partial charge in [-0.3, -0.25) is 0 Å². The smallest absolute Gasteiger partial charge is 0.0468 e. The van der Waals surface area contributed by atoms with Crippen LogP contribution in [0.2, 0.25) is 0 Å². The third-order valence-corrected chi connectivity index (χ3v) is 4.74. The van der Waals surface area contributed by atoms with Crippen LogP contribution in [0.4, 0.5) is 0 Å². The Bertz CT molecular complexity index is 325. The largest absolute Gasteiger partial charge is 0.381 e. The van der Waals surface area contributed by atoms with Crippen molar-refractivity contribution in [3.63, 3.8) is 0 Å². The first-order valence-corrected chi connectivity index (χ1v) is 7.80. The monoisotopic (exact) mass is 265 g/mol. The molecule has 0 aliphatic carbocycles. The Hall–Kier alpha value is -0.510. The van der Waals surface area contributed by atoms with Crippen molar-refractivity contribution in [1.82, 2.24) is 5.32 Å². The van der Waals surface area contributed by atoms with Gasteiger partial charge in [0.2, 0.25) is 0 Å². The van der Waals surface area contributed by atoms with Crippen molar-refractivity contribution in [3.8, 4) is 0 Å². The third-order valence-electron chi connectivity index (χ3n) is 3.56. The van der Waals surface area contributed by atoms with E-state index in [1.54, 1.807) is 0 Å². The highest BCUT2D eigenvalue weighted by atomic mass is 32.2. The van der Waals surface area contributed by atoms with Crippen LogP contribution >= 0.6 is 11.8 Å². The van der Waals surface area contributed by atoms with Gasteiger partial charge in [0.1, 0.15) is 0 Å². The second-order valence-electron chi connectivity index (χ2n) is 4.90. The topological polar surface area (TPSA) is 21.3 Å². The summed E-state index contributed by atoms with van der Waals surface area (Å²) in [6.45, 7) is 1.90. The van der Waals surface area contributed by atoms with Gasteiger partial charge in [-0.2, -0.15) is 0 Å². The van der Waals surface area contributed by atoms with E-state index in [1.165, 1.54) is 24.2 Å². The molecular formula is C15H23NOS. The first-order valence-electron chi connectivity index (χ1n) is 6.81. The van der Waals surface area contributed by atoms with Crippen molar-refractivity contribution in [2.45, 2.75) is 30.2 Å². The molecule has 1 unspecified atom stereocenters. The van der Waals surface area contributed by atoms with Gasteiger partial charge in [0.25, 0.3) is 0 Å². The number of thioether (sulfide) groups is 1. The van der Waals surface area contributed by atoms with Gasteiger partial charge in [-0.1, -0.05) is 18.2 Å². The van der Waals surface area contributed by atoms with Crippen molar-refractivity contribution in [2.24, 2.45) is 5.92 Å². The van der Waals surface area contributed by atoms with Crippen LogP contribution in [0.15, 0.2) is 35.2 Å². The molecule has 3 heteroatoms. The number of benzene rings is 1. The highest BCUT2D eigenvalue weighted by Gasteiger charge is 2.18. The molecule has 1 aliphatic heterocycles. The Balaban J connectivity index is 1.74. The first kappa shape index (κ1) is 13.9. The van der Waals surface area contributed by atoms with Gasteiger partial charge >= 0.3 is 0 Å². The zero-order chi connectivity index (χ0) is 12.6. The number of hydrogen-bond donors (Lipinski definition) is 1. The SMILES string of the molecule is CNC(CSc1ccccc1)CC1CCOCC1. The molecule has 0 amide bonds. The van der Waals surface area contributed by atoms with E-state index >= 15 is 0 Å². The summed E-state index contributed by atoms with van der Waals surface area (Å²) in [5.41, 5.74) is 0. The molecule has 1 N–H and O–H groups in total. The van der Waals surface area contributed by atoms with Crippen molar-refractivity contribution in [3.05, 3.63) is 30.3 Å². The van der Waals surface area contributed by atoms with Crippen LogP contribution < -0.4 is 5.32 Å². The molecule has 0 spiro atoms. The van der Waals surface area contributed by atoms with Crippen LogP contribution in [-0.2, 0) is 4.74 Å². The van der Waals surface area contributed by atoms with E-state index in [0.29, 0.717) is 6.04 Å². The molecule has 0 saturated carbocycles. The molecule has 1 aromatic rings. The average Bonchev–Trinajstić information content (AvgIpc) is 2.45. The quantitative estimate of drug-likeness (QED) is 0.798. The van der Waals surface area contributed by atoms with Crippen LogP contribution in [0, 0.1) is 5.92 Å². The lowest BCUT2D eigenvalue weighted by molar-refractivity contribution is 0.0616. The van der Waals surface area contributed by atoms with Crippen molar-refractivity contribution in [2.75, 3.05) is 26.0 Å². The molecular weight excluding hydrogens is 242 g/mol. The van der Waals surface area contributed by atoms with Crippen molar-refractivity contribution < 1.29 is 4.74 Å². The minimum Gasteiger partial charge on any atom is -0.381 e. The van der Waals surface area contributed by atoms with Gasteiger partial charge in [-0.15, -0.1) is 11.8 Å². The normalized spacial score (nSPS) is 18.7. The van der Waals surface area contributed by atoms with Crippen LogP contribution in [0.5, 0.6) is 0 Å². The fourth-order valence-corrected chi connectivity index (χ4v) is 3.41. The van der Waals surface area contributed by atoms with E-state index in [0.717, 1.165) is 24.9 Å². The van der Waals surface area contributed by atoms with Gasteiger partial charge < -0.3 is 10.1 Å². The molecule has 0 radical (unpaired) electrons. The summed E-state index contributed by atoms with van der Waals surface area (Å²) in [4.78, 5) is 1.37. The van der Waals surface area contributed by atoms with E-state index in [-0.39, 0.29) is 0 Å². The van der Waals surface area contributed by atoms with Crippen LogP contribution in [0.25, 0.3) is 0 Å². The predicted molar refractivity (Wildman–Crippen MR) is 78.2 cm³/mol. The van der Waals surface area contributed by atoms with Crippen molar-refractivity contribution in [1.29, 1.82) is 0 Å². The minimum atomic E-state index is 0.610. The van der Waals surface area contributed by atoms with Gasteiger partial charge in [-0.25, -0.2) is 0 Å². The lowest BCUT2D eigenvalue weighted by Gasteiger charge is -2.26. The van der Waals surface area contributed by atoms with Crippen LogP contribution in [-0.4, -0.2) is 32.1 Å². The second kappa shape index (κ2) is 7.82. The number of ether oxygens (including phenoxy) is 1. The molecule has 1 aliphatic rings. The Morgan fingerprint density at radius 2 is 2.00 bits per heavy atom. The summed E-state index contributed by atoms with van der Waals surface area (Å²) < 4.78 is 5.42. The van der Waals surface area contributed by atoms with E-state index in [9.17, 15) is 0 Å². The Morgan fingerprint density at radius 3 is 2.67 bits per heavy atom. The highest BCUT2D eigenvalue weighted by molar-refractivity contribution is 7.99. The van der Waals surface area contributed by atoms with Gasteiger partial charge in [0.15, 0.2) is 0 Å². The predicted octanol–water partition coefficient (Wildman–Crippen LogP) is 3.18. The number of hydrogen-bond acceptors (Lipinski definition) is 3. The average molecular weight is 265 g/mol. The summed E-state index contributed by atoms with van der Waals surface area (Å²) in [6, 6.07) is 11.3. The lowest BCUT2D eigenvalue weighted by Crippen LogP contribution is -2.32. The number of nitrogens with one attached hydrogen (secondary N) is 1. The standard InChI is InChI=1S/C15H23NOS/c1-16-14(11-13-7-9-17-10-8-13)12-18-15-5-3-2-4-6-15/h2-6,13-14,16H,7-12H2,1H3. The maximum Gasteiger partial charge on any atom is 0.0468 e. The van der Waals surface area contributed by atoms with E-state index in [4.69, 9.17) is 4.74 Å². The first-order chi connectivity index (χ1) is 8.88. The maximum absolute atomic E-state index is 5.42. The molecule has 1 atom stereocenters. The molecule has 0 aromatic heterocycles. The summed E-state index contributed by atoms with van der Waals surface area (Å²) in [7, 11) is 2.08. The molecule has 100 valence electrons.